The number of aromatic amines is 1. The van der Waals surface area contributed by atoms with Gasteiger partial charge in [-0.3, -0.25) is 9.89 Å². The van der Waals surface area contributed by atoms with Gasteiger partial charge in [-0.1, -0.05) is 0 Å². The Kier molecular flexibility index (Phi) is 5.15. The number of nitrogens with zero attached hydrogens (tertiary/aromatic N) is 2. The minimum atomic E-state index is -4.67. The molecule has 1 amide bonds. The molecular weight excluding hydrogens is 385 g/mol. The van der Waals surface area contributed by atoms with E-state index in [1.807, 2.05) is 24.4 Å². The molecule has 0 fully saturated rings. The van der Waals surface area contributed by atoms with Crippen molar-refractivity contribution in [3.63, 3.8) is 0 Å². The minimum Gasteiger partial charge on any atom is -0.352 e. The first-order valence-electron chi connectivity index (χ1n) is 7.67. The highest BCUT2D eigenvalue weighted by molar-refractivity contribution is 7.16. The molecular formula is C16H15F3N4OS2. The van der Waals surface area contributed by atoms with E-state index in [4.69, 9.17) is 0 Å². The zero-order chi connectivity index (χ0) is 18.9. The average Bonchev–Trinajstić information content (AvgIpc) is 3.26. The van der Waals surface area contributed by atoms with Gasteiger partial charge in [0.15, 0.2) is 5.69 Å². The van der Waals surface area contributed by atoms with Crippen LogP contribution in [0.3, 0.4) is 0 Å². The number of amides is 1. The van der Waals surface area contributed by atoms with Crippen LogP contribution in [-0.4, -0.2) is 27.6 Å². The molecule has 3 rings (SSSR count). The summed E-state index contributed by atoms with van der Waals surface area (Å²) in [5.41, 5.74) is -0.643. The first-order valence-corrected chi connectivity index (χ1v) is 9.37. The smallest absolute Gasteiger partial charge is 0.352 e. The summed E-state index contributed by atoms with van der Waals surface area (Å²) in [4.78, 5) is 18.6. The van der Waals surface area contributed by atoms with Crippen LogP contribution in [0.1, 0.15) is 31.6 Å². The fourth-order valence-electron chi connectivity index (χ4n) is 2.43. The molecule has 0 atom stereocenters. The number of carbonyl (C=O) groups excluding carboxylic acids is 1. The minimum absolute atomic E-state index is 0.0899. The molecule has 0 saturated heterocycles. The lowest BCUT2D eigenvalue weighted by molar-refractivity contribution is -0.141. The van der Waals surface area contributed by atoms with Gasteiger partial charge >= 0.3 is 6.18 Å². The van der Waals surface area contributed by atoms with E-state index < -0.39 is 23.3 Å². The number of aromatic nitrogens is 3. The van der Waals surface area contributed by atoms with Crippen molar-refractivity contribution in [2.75, 3.05) is 6.54 Å². The van der Waals surface area contributed by atoms with E-state index in [0.717, 1.165) is 20.5 Å². The molecule has 26 heavy (non-hydrogen) atoms. The van der Waals surface area contributed by atoms with E-state index in [9.17, 15) is 18.0 Å². The molecule has 3 aromatic heterocycles. The van der Waals surface area contributed by atoms with Gasteiger partial charge in [-0.25, -0.2) is 4.98 Å². The SMILES string of the molecule is Cc1nc(-c2ccc(CCNC(=O)c3c(C(F)(F)F)n[nH]c3C)s2)cs1. The second-order valence-corrected chi connectivity index (χ2v) is 7.82. The van der Waals surface area contributed by atoms with Crippen molar-refractivity contribution in [1.82, 2.24) is 20.5 Å². The number of rotatable bonds is 5. The maximum Gasteiger partial charge on any atom is 0.435 e. The predicted octanol–water partition coefficient (Wildman–Crippen LogP) is 4.20. The lowest BCUT2D eigenvalue weighted by Crippen LogP contribution is -2.28. The van der Waals surface area contributed by atoms with Crippen molar-refractivity contribution < 1.29 is 18.0 Å². The number of thiophene rings is 1. The third-order valence-electron chi connectivity index (χ3n) is 3.63. The first kappa shape index (κ1) is 18.6. The van der Waals surface area contributed by atoms with E-state index in [-0.39, 0.29) is 12.2 Å². The van der Waals surface area contributed by atoms with Gasteiger partial charge in [-0.05, 0) is 32.4 Å². The van der Waals surface area contributed by atoms with Crippen LogP contribution in [0.15, 0.2) is 17.5 Å². The van der Waals surface area contributed by atoms with E-state index in [1.165, 1.54) is 6.92 Å². The number of aryl methyl sites for hydroxylation is 2. The Morgan fingerprint density at radius 2 is 2.08 bits per heavy atom. The van der Waals surface area contributed by atoms with Crippen molar-refractivity contribution >= 4 is 28.6 Å². The normalized spacial score (nSPS) is 11.7. The maximum absolute atomic E-state index is 12.9. The van der Waals surface area contributed by atoms with Crippen molar-refractivity contribution in [2.24, 2.45) is 0 Å². The van der Waals surface area contributed by atoms with Crippen molar-refractivity contribution in [3.8, 4) is 10.6 Å². The third kappa shape index (κ3) is 3.96. The summed E-state index contributed by atoms with van der Waals surface area (Å²) in [6.07, 6.45) is -4.15. The molecule has 0 radical (unpaired) electrons. The Bertz CT molecular complexity index is 926. The number of thiazole rings is 1. The van der Waals surface area contributed by atoms with Gasteiger partial charge in [0.2, 0.25) is 0 Å². The second kappa shape index (κ2) is 7.20. The molecule has 0 aliphatic rings. The number of hydrogen-bond acceptors (Lipinski definition) is 5. The Hall–Kier alpha value is -2.20. The predicted molar refractivity (Wildman–Crippen MR) is 94.5 cm³/mol. The molecule has 0 spiro atoms. The summed E-state index contributed by atoms with van der Waals surface area (Å²) in [5, 5.41) is 10.9. The van der Waals surface area contributed by atoms with Crippen LogP contribution in [0.4, 0.5) is 13.2 Å². The summed E-state index contributed by atoms with van der Waals surface area (Å²) < 4.78 is 38.7. The fourth-order valence-corrected chi connectivity index (χ4v) is 4.08. The molecule has 3 aromatic rings. The lowest BCUT2D eigenvalue weighted by atomic mass is 10.1. The Labute approximate surface area is 155 Å². The van der Waals surface area contributed by atoms with Gasteiger partial charge < -0.3 is 5.32 Å². The molecule has 0 aromatic carbocycles. The van der Waals surface area contributed by atoms with Crippen LogP contribution >= 0.6 is 22.7 Å². The number of H-pyrrole nitrogens is 1. The molecule has 5 nitrogen and oxygen atoms in total. The van der Waals surface area contributed by atoms with Crippen LogP contribution in [0.2, 0.25) is 0 Å². The highest BCUT2D eigenvalue weighted by atomic mass is 32.1. The highest BCUT2D eigenvalue weighted by Crippen LogP contribution is 2.31. The average molecular weight is 400 g/mol. The summed E-state index contributed by atoms with van der Waals surface area (Å²) in [6, 6.07) is 3.89. The first-order chi connectivity index (χ1) is 12.3. The summed E-state index contributed by atoms with van der Waals surface area (Å²) in [7, 11) is 0. The van der Waals surface area contributed by atoms with Gasteiger partial charge in [0.05, 0.1) is 21.1 Å². The highest BCUT2D eigenvalue weighted by Gasteiger charge is 2.39. The van der Waals surface area contributed by atoms with E-state index >= 15 is 0 Å². The Balaban J connectivity index is 1.62. The Morgan fingerprint density at radius 3 is 2.73 bits per heavy atom. The van der Waals surface area contributed by atoms with Crippen LogP contribution in [0, 0.1) is 13.8 Å². The second-order valence-electron chi connectivity index (χ2n) is 5.59. The maximum atomic E-state index is 12.9. The monoisotopic (exact) mass is 400 g/mol. The fraction of sp³-hybridized carbons (Fsp3) is 0.312. The molecule has 138 valence electrons. The summed E-state index contributed by atoms with van der Waals surface area (Å²) >= 11 is 3.12. The topological polar surface area (TPSA) is 70.7 Å². The van der Waals surface area contributed by atoms with E-state index in [1.54, 1.807) is 22.7 Å². The van der Waals surface area contributed by atoms with Crippen LogP contribution in [0.5, 0.6) is 0 Å². The van der Waals surface area contributed by atoms with Crippen LogP contribution in [-0.2, 0) is 12.6 Å². The number of carbonyl (C=O) groups is 1. The van der Waals surface area contributed by atoms with Gasteiger partial charge in [0.1, 0.15) is 0 Å². The molecule has 0 bridgehead atoms. The van der Waals surface area contributed by atoms with Crippen molar-refractivity contribution in [3.05, 3.63) is 44.3 Å². The van der Waals surface area contributed by atoms with Crippen molar-refractivity contribution in [2.45, 2.75) is 26.4 Å². The molecule has 0 saturated carbocycles. The zero-order valence-corrected chi connectivity index (χ0v) is 15.5. The lowest BCUT2D eigenvalue weighted by Gasteiger charge is -2.08. The molecule has 3 heterocycles. The molecule has 0 unspecified atom stereocenters. The Morgan fingerprint density at radius 1 is 1.31 bits per heavy atom. The number of alkyl halides is 3. The summed E-state index contributed by atoms with van der Waals surface area (Å²) in [5.74, 6) is -0.782. The molecule has 10 heteroatoms. The number of halogens is 3. The van der Waals surface area contributed by atoms with Crippen molar-refractivity contribution in [1.29, 1.82) is 0 Å². The van der Waals surface area contributed by atoms with Crippen LogP contribution < -0.4 is 5.32 Å². The van der Waals surface area contributed by atoms with Gasteiger partial charge in [-0.2, -0.15) is 18.3 Å². The van der Waals surface area contributed by atoms with Gasteiger partial charge in [-0.15, -0.1) is 22.7 Å². The van der Waals surface area contributed by atoms with Gasteiger partial charge in [0, 0.05) is 22.5 Å². The zero-order valence-electron chi connectivity index (χ0n) is 13.9. The van der Waals surface area contributed by atoms with Gasteiger partial charge in [0.25, 0.3) is 5.91 Å². The molecule has 0 aliphatic heterocycles. The number of nitrogens with one attached hydrogen (secondary N) is 2. The molecule has 0 aliphatic carbocycles. The van der Waals surface area contributed by atoms with E-state index in [2.05, 4.69) is 20.5 Å². The quantitative estimate of drug-likeness (QED) is 0.674. The summed E-state index contributed by atoms with van der Waals surface area (Å²) in [6.45, 7) is 3.56. The third-order valence-corrected chi connectivity index (χ3v) is 5.57. The molecule has 2 N–H and O–H groups in total. The standard InChI is InChI=1S/C16H15F3N4OS2/c1-8-13(14(23-22-8)16(17,18)19)15(24)20-6-5-10-3-4-12(26-10)11-7-25-9(2)21-11/h3-4,7H,5-6H2,1-2H3,(H,20,24)(H,22,23). The van der Waals surface area contributed by atoms with Crippen LogP contribution in [0.25, 0.3) is 10.6 Å². The van der Waals surface area contributed by atoms with E-state index in [0.29, 0.717) is 6.42 Å². The largest absolute Gasteiger partial charge is 0.435 e. The number of hydrogen-bond donors (Lipinski definition) is 2.